The van der Waals surface area contributed by atoms with Gasteiger partial charge in [-0.25, -0.2) is 0 Å². The van der Waals surface area contributed by atoms with Crippen LogP contribution in [0.1, 0.15) is 23.6 Å². The van der Waals surface area contributed by atoms with Crippen LogP contribution >= 0.6 is 15.9 Å². The van der Waals surface area contributed by atoms with E-state index in [1.165, 1.54) is 16.7 Å². The Hall–Kier alpha value is -1.48. The first kappa shape index (κ1) is 13.5. The van der Waals surface area contributed by atoms with E-state index in [0.717, 1.165) is 28.8 Å². The predicted molar refractivity (Wildman–Crippen MR) is 83.8 cm³/mol. The molecule has 0 radical (unpaired) electrons. The monoisotopic (exact) mass is 332 g/mol. The van der Waals surface area contributed by atoms with E-state index in [2.05, 4.69) is 53.2 Å². The number of benzene rings is 2. The Morgan fingerprint density at radius 1 is 0.950 bits per heavy atom. The number of fused-ring (bicyclic) bond motifs is 1. The van der Waals surface area contributed by atoms with Gasteiger partial charge in [0.05, 0.1) is 0 Å². The van der Waals surface area contributed by atoms with Crippen LogP contribution in [0.25, 0.3) is 0 Å². The smallest absolute Gasteiger partial charge is 0.161 e. The molecule has 0 atom stereocenters. The molecule has 0 saturated carbocycles. The number of halogens is 1. The topological polar surface area (TPSA) is 18.5 Å². The first-order valence-electron chi connectivity index (χ1n) is 6.92. The van der Waals surface area contributed by atoms with Crippen molar-refractivity contribution in [2.24, 2.45) is 0 Å². The van der Waals surface area contributed by atoms with Gasteiger partial charge in [-0.3, -0.25) is 0 Å². The molecule has 1 heterocycles. The highest BCUT2D eigenvalue weighted by Crippen LogP contribution is 2.32. The zero-order chi connectivity index (χ0) is 13.9. The summed E-state index contributed by atoms with van der Waals surface area (Å²) in [5.41, 5.74) is 3.91. The van der Waals surface area contributed by atoms with Gasteiger partial charge in [0, 0.05) is 4.47 Å². The van der Waals surface area contributed by atoms with Crippen molar-refractivity contribution in [3.05, 3.63) is 57.6 Å². The first-order valence-corrected chi connectivity index (χ1v) is 7.71. The van der Waals surface area contributed by atoms with E-state index >= 15 is 0 Å². The molecule has 2 aromatic rings. The maximum atomic E-state index is 5.64. The van der Waals surface area contributed by atoms with E-state index in [1.807, 2.05) is 6.07 Å². The van der Waals surface area contributed by atoms with Crippen LogP contribution in [0.3, 0.4) is 0 Å². The van der Waals surface area contributed by atoms with Crippen LogP contribution in [0.4, 0.5) is 0 Å². The second kappa shape index (κ2) is 5.88. The van der Waals surface area contributed by atoms with E-state index < -0.39 is 0 Å². The minimum atomic E-state index is 0.630. The molecule has 2 aromatic carbocycles. The fourth-order valence-corrected chi connectivity index (χ4v) is 2.79. The maximum Gasteiger partial charge on any atom is 0.161 e. The van der Waals surface area contributed by atoms with E-state index in [4.69, 9.17) is 9.47 Å². The van der Waals surface area contributed by atoms with Crippen LogP contribution in [0.2, 0.25) is 0 Å². The van der Waals surface area contributed by atoms with Crippen LogP contribution in [-0.4, -0.2) is 13.2 Å². The van der Waals surface area contributed by atoms with Gasteiger partial charge < -0.3 is 9.47 Å². The van der Waals surface area contributed by atoms with E-state index in [9.17, 15) is 0 Å². The fourth-order valence-electron chi connectivity index (χ4n) is 2.40. The quantitative estimate of drug-likeness (QED) is 0.830. The van der Waals surface area contributed by atoms with Crippen molar-refractivity contribution in [2.45, 2.75) is 19.8 Å². The van der Waals surface area contributed by atoms with Gasteiger partial charge in [0.2, 0.25) is 0 Å². The molecule has 20 heavy (non-hydrogen) atoms. The standard InChI is InChI=1S/C17H17BrO2/c1-2-12-3-5-15(18)14(9-12)10-13-4-6-16-17(11-13)20-8-7-19-16/h3-6,9,11H,2,7-8,10H2,1H3. The molecule has 0 unspecified atom stereocenters. The van der Waals surface area contributed by atoms with Crippen molar-refractivity contribution in [1.82, 2.24) is 0 Å². The molecular weight excluding hydrogens is 316 g/mol. The minimum absolute atomic E-state index is 0.630. The highest BCUT2D eigenvalue weighted by Gasteiger charge is 2.12. The molecule has 1 aliphatic heterocycles. The van der Waals surface area contributed by atoms with Crippen molar-refractivity contribution >= 4 is 15.9 Å². The molecule has 0 N–H and O–H groups in total. The number of hydrogen-bond acceptors (Lipinski definition) is 2. The second-order valence-corrected chi connectivity index (χ2v) is 5.79. The van der Waals surface area contributed by atoms with Crippen molar-refractivity contribution in [3.8, 4) is 11.5 Å². The minimum Gasteiger partial charge on any atom is -0.486 e. The predicted octanol–water partition coefficient (Wildman–Crippen LogP) is 4.37. The van der Waals surface area contributed by atoms with Crippen LogP contribution in [0.5, 0.6) is 11.5 Å². The summed E-state index contributed by atoms with van der Waals surface area (Å²) >= 11 is 3.64. The molecule has 0 amide bonds. The van der Waals surface area contributed by atoms with Crippen molar-refractivity contribution in [2.75, 3.05) is 13.2 Å². The molecule has 0 bridgehead atoms. The van der Waals surface area contributed by atoms with Crippen molar-refractivity contribution in [1.29, 1.82) is 0 Å². The summed E-state index contributed by atoms with van der Waals surface area (Å²) in [4.78, 5) is 0. The van der Waals surface area contributed by atoms with E-state index in [-0.39, 0.29) is 0 Å². The number of rotatable bonds is 3. The third-order valence-electron chi connectivity index (χ3n) is 3.52. The maximum absolute atomic E-state index is 5.64. The molecule has 0 spiro atoms. The van der Waals surface area contributed by atoms with Gasteiger partial charge >= 0.3 is 0 Å². The largest absolute Gasteiger partial charge is 0.486 e. The van der Waals surface area contributed by atoms with Gasteiger partial charge in [-0.2, -0.15) is 0 Å². The highest BCUT2D eigenvalue weighted by atomic mass is 79.9. The molecule has 3 heteroatoms. The zero-order valence-electron chi connectivity index (χ0n) is 11.5. The van der Waals surface area contributed by atoms with Crippen molar-refractivity contribution in [3.63, 3.8) is 0 Å². The summed E-state index contributed by atoms with van der Waals surface area (Å²) in [5.74, 6) is 1.71. The number of ether oxygens (including phenoxy) is 2. The van der Waals surface area contributed by atoms with Crippen molar-refractivity contribution < 1.29 is 9.47 Å². The molecule has 2 nitrogen and oxygen atoms in total. The van der Waals surface area contributed by atoms with Gasteiger partial charge in [0.15, 0.2) is 11.5 Å². The molecule has 0 saturated heterocycles. The average Bonchev–Trinajstić information content (AvgIpc) is 2.49. The highest BCUT2D eigenvalue weighted by molar-refractivity contribution is 9.10. The second-order valence-electron chi connectivity index (χ2n) is 4.93. The lowest BCUT2D eigenvalue weighted by Crippen LogP contribution is -2.15. The Morgan fingerprint density at radius 2 is 1.70 bits per heavy atom. The third kappa shape index (κ3) is 2.83. The fraction of sp³-hybridized carbons (Fsp3) is 0.294. The molecule has 0 aromatic heterocycles. The Balaban J connectivity index is 1.87. The Kier molecular flexibility index (Phi) is 3.97. The van der Waals surface area contributed by atoms with Crippen LogP contribution in [-0.2, 0) is 12.8 Å². The normalized spacial score (nSPS) is 13.3. The average molecular weight is 333 g/mol. The Morgan fingerprint density at radius 3 is 2.50 bits per heavy atom. The Bertz CT molecular complexity index is 622. The number of hydrogen-bond donors (Lipinski definition) is 0. The van der Waals surface area contributed by atoms with E-state index in [0.29, 0.717) is 13.2 Å². The zero-order valence-corrected chi connectivity index (χ0v) is 13.1. The molecule has 0 fully saturated rings. The molecule has 3 rings (SSSR count). The summed E-state index contributed by atoms with van der Waals surface area (Å²) in [6.07, 6.45) is 1.95. The van der Waals surface area contributed by atoms with Gasteiger partial charge in [0.25, 0.3) is 0 Å². The Labute approximate surface area is 127 Å². The van der Waals surface area contributed by atoms with Crippen LogP contribution in [0.15, 0.2) is 40.9 Å². The molecule has 0 aliphatic carbocycles. The first-order chi connectivity index (χ1) is 9.76. The van der Waals surface area contributed by atoms with Gasteiger partial charge in [-0.1, -0.05) is 41.1 Å². The van der Waals surface area contributed by atoms with Crippen LogP contribution in [0, 0.1) is 0 Å². The number of aryl methyl sites for hydroxylation is 1. The summed E-state index contributed by atoms with van der Waals surface area (Å²) in [6, 6.07) is 12.8. The van der Waals surface area contributed by atoms with Gasteiger partial charge in [-0.15, -0.1) is 0 Å². The van der Waals surface area contributed by atoms with Gasteiger partial charge in [0.1, 0.15) is 13.2 Å². The van der Waals surface area contributed by atoms with Gasteiger partial charge in [-0.05, 0) is 47.7 Å². The lowest BCUT2D eigenvalue weighted by Gasteiger charge is -2.19. The summed E-state index contributed by atoms with van der Waals surface area (Å²) in [5, 5.41) is 0. The molecule has 1 aliphatic rings. The summed E-state index contributed by atoms with van der Waals surface area (Å²) in [7, 11) is 0. The third-order valence-corrected chi connectivity index (χ3v) is 4.29. The SMILES string of the molecule is CCc1ccc(Br)c(Cc2ccc3c(c2)OCCO3)c1. The summed E-state index contributed by atoms with van der Waals surface area (Å²) in [6.45, 7) is 3.44. The van der Waals surface area contributed by atoms with E-state index in [1.54, 1.807) is 0 Å². The lowest BCUT2D eigenvalue weighted by molar-refractivity contribution is 0.171. The summed E-state index contributed by atoms with van der Waals surface area (Å²) < 4.78 is 12.4. The molecular formula is C17H17BrO2. The van der Waals surface area contributed by atoms with Crippen LogP contribution < -0.4 is 9.47 Å². The lowest BCUT2D eigenvalue weighted by atomic mass is 10.0. The molecule has 104 valence electrons.